The summed E-state index contributed by atoms with van der Waals surface area (Å²) in [6.45, 7) is 2.74. The Bertz CT molecular complexity index is 800. The maximum atomic E-state index is 12.4. The number of para-hydroxylation sites is 1. The van der Waals surface area contributed by atoms with Crippen molar-refractivity contribution in [2.45, 2.75) is 26.2 Å². The lowest BCUT2D eigenvalue weighted by Crippen LogP contribution is -2.24. The smallest absolute Gasteiger partial charge is 0.339 e. The van der Waals surface area contributed by atoms with Crippen molar-refractivity contribution in [3.63, 3.8) is 0 Å². The Labute approximate surface area is 158 Å². The average Bonchev–Trinajstić information content (AvgIpc) is 2.71. The highest BCUT2D eigenvalue weighted by Gasteiger charge is 2.14. The Morgan fingerprint density at radius 3 is 2.15 bits per heavy atom. The fourth-order valence-corrected chi connectivity index (χ4v) is 2.53. The van der Waals surface area contributed by atoms with Gasteiger partial charge in [0.25, 0.3) is 11.8 Å². The van der Waals surface area contributed by atoms with Gasteiger partial charge < -0.3 is 15.4 Å². The van der Waals surface area contributed by atoms with Crippen LogP contribution in [0.15, 0.2) is 48.5 Å². The van der Waals surface area contributed by atoms with Gasteiger partial charge in [0, 0.05) is 17.7 Å². The molecule has 6 heteroatoms. The molecule has 0 aliphatic rings. The van der Waals surface area contributed by atoms with Crippen molar-refractivity contribution in [1.29, 1.82) is 0 Å². The second-order valence-electron chi connectivity index (χ2n) is 6.03. The molecular formula is C21H24N2O4. The van der Waals surface area contributed by atoms with Crippen LogP contribution in [-0.4, -0.2) is 31.4 Å². The van der Waals surface area contributed by atoms with Crippen LogP contribution in [0.4, 0.5) is 5.69 Å². The molecular weight excluding hydrogens is 344 g/mol. The van der Waals surface area contributed by atoms with Gasteiger partial charge in [-0.25, -0.2) is 4.79 Å². The van der Waals surface area contributed by atoms with Gasteiger partial charge in [0.1, 0.15) is 0 Å². The number of anilines is 1. The van der Waals surface area contributed by atoms with Crippen LogP contribution in [0.5, 0.6) is 0 Å². The second kappa shape index (κ2) is 10.1. The molecule has 2 aromatic carbocycles. The van der Waals surface area contributed by atoms with Crippen LogP contribution >= 0.6 is 0 Å². The Balaban J connectivity index is 2.02. The molecule has 0 saturated heterocycles. The Morgan fingerprint density at radius 2 is 1.52 bits per heavy atom. The normalized spacial score (nSPS) is 10.1. The van der Waals surface area contributed by atoms with E-state index in [1.807, 2.05) is 0 Å². The molecule has 0 aliphatic carbocycles. The van der Waals surface area contributed by atoms with E-state index in [1.54, 1.807) is 48.5 Å². The standard InChI is InChI=1S/C21H24N2O4/c1-3-4-7-14-22-19(24)15-10-12-16(13-11-15)20(25)23-18-9-6-5-8-17(18)21(26)27-2/h5-6,8-13H,3-4,7,14H2,1-2H3,(H,22,24)(H,23,25). The van der Waals surface area contributed by atoms with Crippen molar-refractivity contribution in [3.05, 3.63) is 65.2 Å². The first-order chi connectivity index (χ1) is 13.1. The number of ether oxygens (including phenoxy) is 1. The van der Waals surface area contributed by atoms with Gasteiger partial charge in [0.2, 0.25) is 0 Å². The highest BCUT2D eigenvalue weighted by atomic mass is 16.5. The minimum absolute atomic E-state index is 0.158. The molecule has 0 aromatic heterocycles. The molecule has 0 fully saturated rings. The number of benzene rings is 2. The molecule has 0 spiro atoms. The number of carbonyl (C=O) groups is 3. The number of esters is 1. The second-order valence-corrected chi connectivity index (χ2v) is 6.03. The fourth-order valence-electron chi connectivity index (χ4n) is 2.53. The van der Waals surface area contributed by atoms with Crippen molar-refractivity contribution in [3.8, 4) is 0 Å². The maximum absolute atomic E-state index is 12.4. The summed E-state index contributed by atoms with van der Waals surface area (Å²) >= 11 is 0. The highest BCUT2D eigenvalue weighted by Crippen LogP contribution is 2.17. The summed E-state index contributed by atoms with van der Waals surface area (Å²) in [7, 11) is 1.28. The van der Waals surface area contributed by atoms with Crippen LogP contribution in [0, 0.1) is 0 Å². The van der Waals surface area contributed by atoms with Crippen LogP contribution in [0.3, 0.4) is 0 Å². The van der Waals surface area contributed by atoms with E-state index in [1.165, 1.54) is 7.11 Å². The Hall–Kier alpha value is -3.15. The molecule has 2 N–H and O–H groups in total. The van der Waals surface area contributed by atoms with Gasteiger partial charge in [0.15, 0.2) is 0 Å². The number of nitrogens with one attached hydrogen (secondary N) is 2. The van der Waals surface area contributed by atoms with Crippen molar-refractivity contribution in [1.82, 2.24) is 5.32 Å². The zero-order chi connectivity index (χ0) is 19.6. The summed E-state index contributed by atoms with van der Waals surface area (Å²) in [5, 5.41) is 5.56. The third-order valence-corrected chi connectivity index (χ3v) is 4.06. The van der Waals surface area contributed by atoms with E-state index in [9.17, 15) is 14.4 Å². The summed E-state index contributed by atoms with van der Waals surface area (Å²) in [6.07, 6.45) is 3.12. The number of methoxy groups -OCH3 is 1. The highest BCUT2D eigenvalue weighted by molar-refractivity contribution is 6.08. The van der Waals surface area contributed by atoms with E-state index in [0.717, 1.165) is 19.3 Å². The Kier molecular flexibility index (Phi) is 7.55. The van der Waals surface area contributed by atoms with Crippen LogP contribution in [0.1, 0.15) is 57.3 Å². The third kappa shape index (κ3) is 5.67. The van der Waals surface area contributed by atoms with Crippen molar-refractivity contribution >= 4 is 23.5 Å². The quantitative estimate of drug-likeness (QED) is 0.550. The summed E-state index contributed by atoms with van der Waals surface area (Å²) in [4.78, 5) is 36.3. The summed E-state index contributed by atoms with van der Waals surface area (Å²) in [6, 6.07) is 13.0. The minimum Gasteiger partial charge on any atom is -0.465 e. The van der Waals surface area contributed by atoms with E-state index in [0.29, 0.717) is 23.4 Å². The van der Waals surface area contributed by atoms with Crippen molar-refractivity contribution in [2.24, 2.45) is 0 Å². The zero-order valence-electron chi connectivity index (χ0n) is 15.6. The molecule has 0 aliphatic heterocycles. The zero-order valence-corrected chi connectivity index (χ0v) is 15.6. The van der Waals surface area contributed by atoms with Gasteiger partial charge in [0.05, 0.1) is 18.4 Å². The first-order valence-corrected chi connectivity index (χ1v) is 8.93. The van der Waals surface area contributed by atoms with E-state index >= 15 is 0 Å². The number of hydrogen-bond donors (Lipinski definition) is 2. The first kappa shape index (κ1) is 20.2. The molecule has 0 heterocycles. The van der Waals surface area contributed by atoms with E-state index in [-0.39, 0.29) is 17.4 Å². The SMILES string of the molecule is CCCCCNC(=O)c1ccc(C(=O)Nc2ccccc2C(=O)OC)cc1. The maximum Gasteiger partial charge on any atom is 0.339 e. The van der Waals surface area contributed by atoms with E-state index < -0.39 is 5.97 Å². The topological polar surface area (TPSA) is 84.5 Å². The van der Waals surface area contributed by atoms with Crippen molar-refractivity contribution < 1.29 is 19.1 Å². The molecule has 0 atom stereocenters. The molecule has 0 saturated carbocycles. The van der Waals surface area contributed by atoms with E-state index in [2.05, 4.69) is 17.6 Å². The number of carbonyl (C=O) groups excluding carboxylic acids is 3. The van der Waals surface area contributed by atoms with Crippen LogP contribution in [0.25, 0.3) is 0 Å². The van der Waals surface area contributed by atoms with Crippen LogP contribution < -0.4 is 10.6 Å². The number of rotatable bonds is 8. The first-order valence-electron chi connectivity index (χ1n) is 8.93. The molecule has 2 amide bonds. The molecule has 6 nitrogen and oxygen atoms in total. The minimum atomic E-state index is -0.527. The lowest BCUT2D eigenvalue weighted by Gasteiger charge is -2.10. The number of hydrogen-bond acceptors (Lipinski definition) is 4. The predicted octanol–water partition coefficient (Wildman–Crippen LogP) is 3.65. The monoisotopic (exact) mass is 368 g/mol. The van der Waals surface area contributed by atoms with Crippen LogP contribution in [0.2, 0.25) is 0 Å². The number of amides is 2. The third-order valence-electron chi connectivity index (χ3n) is 4.06. The molecule has 0 radical (unpaired) electrons. The summed E-state index contributed by atoms with van der Waals surface area (Å²) < 4.78 is 4.72. The van der Waals surface area contributed by atoms with Gasteiger partial charge >= 0.3 is 5.97 Å². The lowest BCUT2D eigenvalue weighted by molar-refractivity contribution is 0.0601. The van der Waals surface area contributed by atoms with Gasteiger partial charge in [-0.1, -0.05) is 31.9 Å². The molecule has 0 bridgehead atoms. The van der Waals surface area contributed by atoms with Crippen LogP contribution in [-0.2, 0) is 4.74 Å². The van der Waals surface area contributed by atoms with Gasteiger partial charge in [-0.3, -0.25) is 9.59 Å². The van der Waals surface area contributed by atoms with E-state index in [4.69, 9.17) is 4.74 Å². The molecule has 2 aromatic rings. The Morgan fingerprint density at radius 1 is 0.889 bits per heavy atom. The molecule has 2 rings (SSSR count). The summed E-state index contributed by atoms with van der Waals surface area (Å²) in [5.74, 6) is -1.06. The number of unbranched alkanes of at least 4 members (excludes halogenated alkanes) is 2. The summed E-state index contributed by atoms with van der Waals surface area (Å²) in [5.41, 5.74) is 1.53. The fraction of sp³-hybridized carbons (Fsp3) is 0.286. The molecule has 142 valence electrons. The van der Waals surface area contributed by atoms with Crippen molar-refractivity contribution in [2.75, 3.05) is 19.0 Å². The largest absolute Gasteiger partial charge is 0.465 e. The lowest BCUT2D eigenvalue weighted by atomic mass is 10.1. The van der Waals surface area contributed by atoms with Gasteiger partial charge in [-0.2, -0.15) is 0 Å². The average molecular weight is 368 g/mol. The predicted molar refractivity (Wildman–Crippen MR) is 104 cm³/mol. The van der Waals surface area contributed by atoms with Gasteiger partial charge in [-0.15, -0.1) is 0 Å². The molecule has 27 heavy (non-hydrogen) atoms. The molecule has 0 unspecified atom stereocenters. The van der Waals surface area contributed by atoms with Gasteiger partial charge in [-0.05, 0) is 42.8 Å².